The number of ether oxygens (including phenoxy) is 1. The molecule has 1 aromatic rings. The number of nitrogens with zero attached hydrogens (tertiary/aromatic N) is 1. The lowest BCUT2D eigenvalue weighted by Gasteiger charge is -2.28. The van der Waals surface area contributed by atoms with E-state index in [1.165, 1.54) is 30.5 Å². The van der Waals surface area contributed by atoms with Crippen LogP contribution in [0, 0.1) is 0 Å². The molecule has 2 rings (SSSR count). The number of hydrogen-bond donors (Lipinski definition) is 1. The van der Waals surface area contributed by atoms with E-state index in [9.17, 15) is 0 Å². The predicted octanol–water partition coefficient (Wildman–Crippen LogP) is 2.80. The van der Waals surface area contributed by atoms with Crippen molar-refractivity contribution >= 4 is 5.69 Å². The van der Waals surface area contributed by atoms with Crippen molar-refractivity contribution in [2.75, 3.05) is 31.6 Å². The van der Waals surface area contributed by atoms with Crippen LogP contribution in [-0.2, 0) is 11.3 Å². The summed E-state index contributed by atoms with van der Waals surface area (Å²) in [5, 5.41) is 3.66. The number of para-hydroxylation sites is 1. The average Bonchev–Trinajstić information content (AvgIpc) is 2.66. The highest BCUT2D eigenvalue weighted by Crippen LogP contribution is 2.23. The van der Waals surface area contributed by atoms with Crippen LogP contribution in [-0.4, -0.2) is 32.8 Å². The van der Waals surface area contributed by atoms with Gasteiger partial charge < -0.3 is 15.0 Å². The largest absolute Gasteiger partial charge is 0.380 e. The monoisotopic (exact) mass is 262 g/mol. The molecule has 1 heterocycles. The van der Waals surface area contributed by atoms with E-state index in [1.54, 1.807) is 7.11 Å². The molecular formula is C16H26N2O. The molecule has 0 amide bonds. The van der Waals surface area contributed by atoms with E-state index in [0.717, 1.165) is 19.6 Å². The van der Waals surface area contributed by atoms with Gasteiger partial charge in [-0.25, -0.2) is 0 Å². The Morgan fingerprint density at radius 1 is 1.37 bits per heavy atom. The van der Waals surface area contributed by atoms with Crippen LogP contribution < -0.4 is 10.2 Å². The summed E-state index contributed by atoms with van der Waals surface area (Å²) in [4.78, 5) is 2.52. The Morgan fingerprint density at radius 2 is 2.21 bits per heavy atom. The van der Waals surface area contributed by atoms with Gasteiger partial charge in [0, 0.05) is 37.5 Å². The van der Waals surface area contributed by atoms with Crippen molar-refractivity contribution in [3.63, 3.8) is 0 Å². The third kappa shape index (κ3) is 3.95. The van der Waals surface area contributed by atoms with E-state index in [1.807, 2.05) is 0 Å². The summed E-state index contributed by atoms with van der Waals surface area (Å²) in [5.41, 5.74) is 2.64. The van der Waals surface area contributed by atoms with Crippen molar-refractivity contribution < 1.29 is 4.74 Å². The summed E-state index contributed by atoms with van der Waals surface area (Å²) in [5.74, 6) is 0. The molecule has 0 bridgehead atoms. The lowest BCUT2D eigenvalue weighted by Crippen LogP contribution is -2.37. The lowest BCUT2D eigenvalue weighted by molar-refractivity contribution is 0.185. The van der Waals surface area contributed by atoms with Crippen LogP contribution in [0.1, 0.15) is 31.7 Å². The summed E-state index contributed by atoms with van der Waals surface area (Å²) in [7, 11) is 1.76. The molecule has 19 heavy (non-hydrogen) atoms. The van der Waals surface area contributed by atoms with Gasteiger partial charge in [0.25, 0.3) is 0 Å². The summed E-state index contributed by atoms with van der Waals surface area (Å²) in [6.45, 7) is 6.32. The molecule has 1 aliphatic rings. The van der Waals surface area contributed by atoms with Gasteiger partial charge in [-0.1, -0.05) is 31.5 Å². The second-order valence-corrected chi connectivity index (χ2v) is 5.30. The van der Waals surface area contributed by atoms with Crippen LogP contribution in [0.4, 0.5) is 5.69 Å². The fraction of sp³-hybridized carbons (Fsp3) is 0.625. The molecule has 106 valence electrons. The Hall–Kier alpha value is -1.06. The Labute approximate surface area is 116 Å². The molecule has 1 fully saturated rings. The van der Waals surface area contributed by atoms with Gasteiger partial charge in [0.1, 0.15) is 0 Å². The van der Waals surface area contributed by atoms with E-state index in [0.29, 0.717) is 12.6 Å². The van der Waals surface area contributed by atoms with Gasteiger partial charge in [-0.3, -0.25) is 0 Å². The summed E-state index contributed by atoms with van der Waals surface area (Å²) in [6, 6.07) is 9.23. The zero-order valence-electron chi connectivity index (χ0n) is 12.2. The minimum Gasteiger partial charge on any atom is -0.380 e. The molecular weight excluding hydrogens is 236 g/mol. The fourth-order valence-electron chi connectivity index (χ4n) is 2.86. The number of methoxy groups -OCH3 is 1. The van der Waals surface area contributed by atoms with Gasteiger partial charge in [-0.15, -0.1) is 0 Å². The molecule has 1 aliphatic heterocycles. The topological polar surface area (TPSA) is 24.5 Å². The lowest BCUT2D eigenvalue weighted by atomic mass is 10.1. The second-order valence-electron chi connectivity index (χ2n) is 5.30. The van der Waals surface area contributed by atoms with Crippen molar-refractivity contribution in [3.05, 3.63) is 29.8 Å². The fourth-order valence-corrected chi connectivity index (χ4v) is 2.86. The van der Waals surface area contributed by atoms with Crippen molar-refractivity contribution in [3.8, 4) is 0 Å². The third-order valence-corrected chi connectivity index (χ3v) is 3.75. The van der Waals surface area contributed by atoms with Crippen molar-refractivity contribution in [1.29, 1.82) is 0 Å². The highest BCUT2D eigenvalue weighted by Gasteiger charge is 2.18. The average molecular weight is 262 g/mol. The molecule has 3 heteroatoms. The molecule has 0 saturated carbocycles. The number of benzene rings is 1. The van der Waals surface area contributed by atoms with E-state index >= 15 is 0 Å². The van der Waals surface area contributed by atoms with Crippen LogP contribution in [0.5, 0.6) is 0 Å². The third-order valence-electron chi connectivity index (χ3n) is 3.75. The SMILES string of the molecule is CCCC1CN(c2ccccc2COC)CCCN1. The number of rotatable bonds is 5. The Morgan fingerprint density at radius 3 is 3.00 bits per heavy atom. The van der Waals surface area contributed by atoms with Gasteiger partial charge in [-0.2, -0.15) is 0 Å². The highest BCUT2D eigenvalue weighted by molar-refractivity contribution is 5.53. The van der Waals surface area contributed by atoms with Gasteiger partial charge in [0.05, 0.1) is 6.61 Å². The molecule has 1 unspecified atom stereocenters. The number of nitrogens with one attached hydrogen (secondary N) is 1. The standard InChI is InChI=1S/C16H26N2O/c1-3-7-15-12-18(11-6-10-17-15)16-9-5-4-8-14(16)13-19-2/h4-5,8-9,15,17H,3,6-7,10-13H2,1-2H3. The number of hydrogen-bond acceptors (Lipinski definition) is 3. The van der Waals surface area contributed by atoms with Gasteiger partial charge >= 0.3 is 0 Å². The zero-order valence-corrected chi connectivity index (χ0v) is 12.2. The first-order valence-electron chi connectivity index (χ1n) is 7.40. The second kappa shape index (κ2) is 7.51. The first-order chi connectivity index (χ1) is 9.35. The summed E-state index contributed by atoms with van der Waals surface area (Å²) in [6.07, 6.45) is 3.70. The van der Waals surface area contributed by atoms with E-state index in [2.05, 4.69) is 41.4 Å². The maximum atomic E-state index is 5.32. The first kappa shape index (κ1) is 14.4. The van der Waals surface area contributed by atoms with E-state index in [4.69, 9.17) is 4.74 Å². The molecule has 3 nitrogen and oxygen atoms in total. The van der Waals surface area contributed by atoms with E-state index < -0.39 is 0 Å². The predicted molar refractivity (Wildman–Crippen MR) is 80.7 cm³/mol. The summed E-state index contributed by atoms with van der Waals surface area (Å²) >= 11 is 0. The minimum absolute atomic E-state index is 0.614. The maximum absolute atomic E-state index is 5.32. The molecule has 0 aliphatic carbocycles. The molecule has 1 atom stereocenters. The van der Waals surface area contributed by atoms with Crippen molar-refractivity contribution in [1.82, 2.24) is 5.32 Å². The maximum Gasteiger partial charge on any atom is 0.0733 e. The van der Waals surface area contributed by atoms with Crippen LogP contribution in [0.25, 0.3) is 0 Å². The Kier molecular flexibility index (Phi) is 5.67. The quantitative estimate of drug-likeness (QED) is 0.883. The minimum atomic E-state index is 0.614. The van der Waals surface area contributed by atoms with Gasteiger partial charge in [0.2, 0.25) is 0 Å². The molecule has 1 saturated heterocycles. The normalized spacial score (nSPS) is 20.3. The smallest absolute Gasteiger partial charge is 0.0733 e. The summed E-state index contributed by atoms with van der Waals surface area (Å²) < 4.78 is 5.32. The van der Waals surface area contributed by atoms with Crippen LogP contribution in [0.15, 0.2) is 24.3 Å². The van der Waals surface area contributed by atoms with E-state index in [-0.39, 0.29) is 0 Å². The van der Waals surface area contributed by atoms with Crippen LogP contribution >= 0.6 is 0 Å². The Bertz CT molecular complexity index is 381. The molecule has 0 radical (unpaired) electrons. The van der Waals surface area contributed by atoms with Crippen molar-refractivity contribution in [2.24, 2.45) is 0 Å². The highest BCUT2D eigenvalue weighted by atomic mass is 16.5. The van der Waals surface area contributed by atoms with Crippen molar-refractivity contribution in [2.45, 2.75) is 38.8 Å². The van der Waals surface area contributed by atoms with Gasteiger partial charge in [0.15, 0.2) is 0 Å². The number of anilines is 1. The molecule has 0 spiro atoms. The Balaban J connectivity index is 2.14. The molecule has 1 N–H and O–H groups in total. The van der Waals surface area contributed by atoms with Gasteiger partial charge in [-0.05, 0) is 25.5 Å². The molecule has 0 aromatic heterocycles. The van der Waals surface area contributed by atoms with Crippen LogP contribution in [0.3, 0.4) is 0 Å². The molecule has 1 aromatic carbocycles. The van der Waals surface area contributed by atoms with Crippen LogP contribution in [0.2, 0.25) is 0 Å². The first-order valence-corrected chi connectivity index (χ1v) is 7.40. The zero-order chi connectivity index (χ0) is 13.5.